The average molecular weight is 429 g/mol. The molecule has 29 heavy (non-hydrogen) atoms. The number of rotatable bonds is 8. The molecule has 8 nitrogen and oxygen atoms in total. The van der Waals surface area contributed by atoms with E-state index in [9.17, 15) is 28.5 Å². The second kappa shape index (κ2) is 9.78. The van der Waals surface area contributed by atoms with Crippen LogP contribution in [0.4, 0.5) is 20.2 Å². The summed E-state index contributed by atoms with van der Waals surface area (Å²) in [5, 5.41) is 13.2. The molecule has 2 aromatic rings. The standard InChI is InChI=1S/C18H15ClF2N2O6/c1-10(28-16(24)8-11-4-2-3-5-14(11)23(26)27)17(25)22-12-6-7-15(13(19)9-12)29-18(20)21/h2-7,9-10,18H,8H2,1H3,(H,22,25). The van der Waals surface area contributed by atoms with Crippen molar-refractivity contribution in [2.24, 2.45) is 0 Å². The molecule has 11 heteroatoms. The number of alkyl halides is 2. The van der Waals surface area contributed by atoms with Gasteiger partial charge in [-0.05, 0) is 25.1 Å². The number of hydrogen-bond donors (Lipinski definition) is 1. The molecule has 0 saturated heterocycles. The molecule has 0 fully saturated rings. The number of carbonyl (C=O) groups excluding carboxylic acids is 2. The molecule has 0 aliphatic heterocycles. The van der Waals surface area contributed by atoms with E-state index in [0.717, 1.165) is 6.07 Å². The summed E-state index contributed by atoms with van der Waals surface area (Å²) in [6.45, 7) is -1.74. The summed E-state index contributed by atoms with van der Waals surface area (Å²) in [7, 11) is 0. The number of nitrogens with one attached hydrogen (secondary N) is 1. The van der Waals surface area contributed by atoms with Crippen molar-refractivity contribution < 1.29 is 32.8 Å². The van der Waals surface area contributed by atoms with E-state index in [-0.39, 0.29) is 34.1 Å². The van der Waals surface area contributed by atoms with Crippen LogP contribution >= 0.6 is 11.6 Å². The highest BCUT2D eigenvalue weighted by molar-refractivity contribution is 6.32. The summed E-state index contributed by atoms with van der Waals surface area (Å²) in [6.07, 6.45) is -1.61. The van der Waals surface area contributed by atoms with Crippen molar-refractivity contribution in [1.29, 1.82) is 0 Å². The van der Waals surface area contributed by atoms with E-state index in [1.807, 2.05) is 0 Å². The molecule has 1 amide bonds. The van der Waals surface area contributed by atoms with Crippen molar-refractivity contribution in [2.75, 3.05) is 5.32 Å². The lowest BCUT2D eigenvalue weighted by Crippen LogP contribution is -2.30. The highest BCUT2D eigenvalue weighted by atomic mass is 35.5. The third kappa shape index (κ3) is 6.39. The first-order valence-electron chi connectivity index (χ1n) is 8.14. The van der Waals surface area contributed by atoms with Crippen molar-refractivity contribution >= 4 is 34.9 Å². The number of amides is 1. The zero-order valence-corrected chi connectivity index (χ0v) is 15.7. The summed E-state index contributed by atoms with van der Waals surface area (Å²) in [4.78, 5) is 34.5. The number of nitrogens with zero attached hydrogens (tertiary/aromatic N) is 1. The van der Waals surface area contributed by atoms with Crippen LogP contribution in [-0.2, 0) is 20.7 Å². The maximum Gasteiger partial charge on any atom is 0.387 e. The molecule has 2 aromatic carbocycles. The van der Waals surface area contributed by atoms with Crippen molar-refractivity contribution in [1.82, 2.24) is 0 Å². The lowest BCUT2D eigenvalue weighted by Gasteiger charge is -2.14. The van der Waals surface area contributed by atoms with Gasteiger partial charge in [0.15, 0.2) is 6.10 Å². The van der Waals surface area contributed by atoms with E-state index in [0.29, 0.717) is 0 Å². The lowest BCUT2D eigenvalue weighted by atomic mass is 10.1. The van der Waals surface area contributed by atoms with Gasteiger partial charge in [0.2, 0.25) is 0 Å². The first kappa shape index (κ1) is 22.0. The van der Waals surface area contributed by atoms with Crippen LogP contribution in [0.2, 0.25) is 5.02 Å². The molecule has 0 heterocycles. The molecule has 0 saturated carbocycles. The topological polar surface area (TPSA) is 108 Å². The molecule has 0 aromatic heterocycles. The van der Waals surface area contributed by atoms with Gasteiger partial charge in [0.05, 0.1) is 16.4 Å². The Hall–Kier alpha value is -3.27. The second-order valence-corrected chi connectivity index (χ2v) is 6.11. The largest absolute Gasteiger partial charge is 0.452 e. The Bertz CT molecular complexity index is 925. The van der Waals surface area contributed by atoms with E-state index in [1.54, 1.807) is 0 Å². The Morgan fingerprint density at radius 2 is 1.93 bits per heavy atom. The van der Waals surface area contributed by atoms with Crippen LogP contribution in [0.25, 0.3) is 0 Å². The van der Waals surface area contributed by atoms with Crippen molar-refractivity contribution in [3.05, 3.63) is 63.2 Å². The smallest absolute Gasteiger partial charge is 0.387 e. The molecule has 1 N–H and O–H groups in total. The fraction of sp³-hybridized carbons (Fsp3) is 0.222. The third-order valence-corrected chi connectivity index (χ3v) is 3.91. The summed E-state index contributed by atoms with van der Waals surface area (Å²) in [5.41, 5.74) is 0.0852. The van der Waals surface area contributed by atoms with Gasteiger partial charge >= 0.3 is 12.6 Å². The highest BCUT2D eigenvalue weighted by Gasteiger charge is 2.21. The summed E-state index contributed by atoms with van der Waals surface area (Å²) < 4.78 is 33.6. The second-order valence-electron chi connectivity index (χ2n) is 5.71. The molecule has 1 atom stereocenters. The van der Waals surface area contributed by atoms with Gasteiger partial charge in [-0.2, -0.15) is 8.78 Å². The van der Waals surface area contributed by atoms with Gasteiger partial charge in [0.25, 0.3) is 11.6 Å². The maximum absolute atomic E-state index is 12.2. The van der Waals surface area contributed by atoms with Gasteiger partial charge in [0, 0.05) is 17.3 Å². The molecule has 0 spiro atoms. The van der Waals surface area contributed by atoms with E-state index in [4.69, 9.17) is 16.3 Å². The fourth-order valence-electron chi connectivity index (χ4n) is 2.30. The number of nitro benzene ring substituents is 1. The quantitative estimate of drug-likeness (QED) is 0.387. The van der Waals surface area contributed by atoms with Crippen molar-refractivity contribution in [3.63, 3.8) is 0 Å². The number of halogens is 3. The van der Waals surface area contributed by atoms with Crippen LogP contribution < -0.4 is 10.1 Å². The predicted octanol–water partition coefficient (Wildman–Crippen LogP) is 3.96. The van der Waals surface area contributed by atoms with Crippen LogP contribution in [0.1, 0.15) is 12.5 Å². The Balaban J connectivity index is 1.96. The molecule has 0 radical (unpaired) electrons. The van der Waals surface area contributed by atoms with Crippen LogP contribution in [0.15, 0.2) is 42.5 Å². The van der Waals surface area contributed by atoms with Gasteiger partial charge in [0.1, 0.15) is 5.75 Å². The number of nitro groups is 1. The van der Waals surface area contributed by atoms with E-state index < -0.39 is 29.5 Å². The highest BCUT2D eigenvalue weighted by Crippen LogP contribution is 2.29. The SMILES string of the molecule is CC(OC(=O)Cc1ccccc1[N+](=O)[O-])C(=O)Nc1ccc(OC(F)F)c(Cl)c1. The van der Waals surface area contributed by atoms with E-state index in [2.05, 4.69) is 10.1 Å². The normalized spacial score (nSPS) is 11.6. The number of benzene rings is 2. The molecule has 0 aliphatic rings. The monoisotopic (exact) mass is 428 g/mol. The van der Waals surface area contributed by atoms with Gasteiger partial charge < -0.3 is 14.8 Å². The third-order valence-electron chi connectivity index (χ3n) is 3.62. The fourth-order valence-corrected chi connectivity index (χ4v) is 2.53. The van der Waals surface area contributed by atoms with Crippen LogP contribution in [-0.4, -0.2) is 29.5 Å². The number of esters is 1. The molecule has 2 rings (SSSR count). The molecule has 0 aliphatic carbocycles. The minimum absolute atomic E-state index is 0.149. The Morgan fingerprint density at radius 1 is 1.24 bits per heavy atom. The van der Waals surface area contributed by atoms with Crippen molar-refractivity contribution in [2.45, 2.75) is 26.1 Å². The zero-order chi connectivity index (χ0) is 21.6. The maximum atomic E-state index is 12.2. The molecule has 0 bridgehead atoms. The van der Waals surface area contributed by atoms with Gasteiger partial charge in [-0.3, -0.25) is 19.7 Å². The minimum atomic E-state index is -3.05. The van der Waals surface area contributed by atoms with Gasteiger partial charge in [-0.25, -0.2) is 0 Å². The number of hydrogen-bond acceptors (Lipinski definition) is 6. The average Bonchev–Trinajstić information content (AvgIpc) is 2.63. The molecular weight excluding hydrogens is 414 g/mol. The predicted molar refractivity (Wildman–Crippen MR) is 99.1 cm³/mol. The summed E-state index contributed by atoms with van der Waals surface area (Å²) in [5.74, 6) is -1.80. The Morgan fingerprint density at radius 3 is 2.55 bits per heavy atom. The van der Waals surface area contributed by atoms with Crippen LogP contribution in [0.3, 0.4) is 0 Å². The Labute approximate surface area is 168 Å². The molecule has 154 valence electrons. The number of ether oxygens (including phenoxy) is 2. The van der Waals surface area contributed by atoms with Gasteiger partial charge in [-0.15, -0.1) is 0 Å². The van der Waals surface area contributed by atoms with E-state index in [1.165, 1.54) is 43.3 Å². The summed E-state index contributed by atoms with van der Waals surface area (Å²) in [6, 6.07) is 9.29. The summed E-state index contributed by atoms with van der Waals surface area (Å²) >= 11 is 5.80. The number of para-hydroxylation sites is 1. The van der Waals surface area contributed by atoms with Gasteiger partial charge in [-0.1, -0.05) is 29.8 Å². The zero-order valence-electron chi connectivity index (χ0n) is 14.9. The Kier molecular flexibility index (Phi) is 7.43. The lowest BCUT2D eigenvalue weighted by molar-refractivity contribution is -0.385. The first-order valence-corrected chi connectivity index (χ1v) is 8.52. The van der Waals surface area contributed by atoms with E-state index >= 15 is 0 Å². The van der Waals surface area contributed by atoms with Crippen molar-refractivity contribution in [3.8, 4) is 5.75 Å². The minimum Gasteiger partial charge on any atom is -0.452 e. The van der Waals surface area contributed by atoms with Crippen LogP contribution in [0.5, 0.6) is 5.75 Å². The number of anilines is 1. The molecule has 1 unspecified atom stereocenters. The first-order chi connectivity index (χ1) is 13.7. The molecular formula is C18H15ClF2N2O6. The van der Waals surface area contributed by atoms with Crippen LogP contribution in [0, 0.1) is 10.1 Å². The number of carbonyl (C=O) groups is 2.